The van der Waals surface area contributed by atoms with E-state index in [0.29, 0.717) is 24.2 Å². The van der Waals surface area contributed by atoms with E-state index in [4.69, 9.17) is 0 Å². The van der Waals surface area contributed by atoms with E-state index in [0.717, 1.165) is 12.8 Å². The third-order valence-electron chi connectivity index (χ3n) is 4.78. The second-order valence-corrected chi connectivity index (χ2v) is 6.95. The molecule has 5 nitrogen and oxygen atoms in total. The maximum Gasteiger partial charge on any atom is 0.449 e. The van der Waals surface area contributed by atoms with E-state index in [1.165, 1.54) is 10.6 Å². The first-order chi connectivity index (χ1) is 12.2. The number of amides is 1. The Morgan fingerprint density at radius 3 is 2.73 bits per heavy atom. The third-order valence-corrected chi connectivity index (χ3v) is 4.78. The molecule has 26 heavy (non-hydrogen) atoms. The molecule has 1 N–H and O–H groups in total. The summed E-state index contributed by atoms with van der Waals surface area (Å²) in [5.41, 5.74) is 0.959. The Morgan fingerprint density at radius 2 is 2.12 bits per heavy atom. The minimum absolute atomic E-state index is 0.113. The van der Waals surface area contributed by atoms with Crippen molar-refractivity contribution in [2.45, 2.75) is 44.9 Å². The third kappa shape index (κ3) is 3.30. The fourth-order valence-electron chi connectivity index (χ4n) is 3.67. The number of carbonyl (C=O) groups excluding carboxylic acids is 1. The SMILES string of the molecule is CNCC1CCCN1C(=O)c1ccc2c(c1)nc(C(F)(F)F)n2C(C)C. The van der Waals surface area contributed by atoms with Gasteiger partial charge in [-0.1, -0.05) is 0 Å². The second kappa shape index (κ2) is 6.90. The second-order valence-electron chi connectivity index (χ2n) is 6.95. The Bertz CT molecular complexity index is 813. The lowest BCUT2D eigenvalue weighted by atomic mass is 10.1. The summed E-state index contributed by atoms with van der Waals surface area (Å²) in [4.78, 5) is 18.4. The highest BCUT2D eigenvalue weighted by Crippen LogP contribution is 2.34. The van der Waals surface area contributed by atoms with Crippen LogP contribution >= 0.6 is 0 Å². The standard InChI is InChI=1S/C18H23F3N4O/c1-11(2)25-15-7-6-12(9-14(15)23-17(25)18(19,20)21)16(26)24-8-4-5-13(24)10-22-3/h6-7,9,11,13,22H,4-5,8,10H2,1-3H3. The highest BCUT2D eigenvalue weighted by Gasteiger charge is 2.38. The van der Waals surface area contributed by atoms with Crippen LogP contribution in [0.5, 0.6) is 0 Å². The topological polar surface area (TPSA) is 50.2 Å². The molecule has 2 aromatic rings. The van der Waals surface area contributed by atoms with E-state index in [1.54, 1.807) is 30.9 Å². The van der Waals surface area contributed by atoms with Gasteiger partial charge in [0.15, 0.2) is 0 Å². The lowest BCUT2D eigenvalue weighted by molar-refractivity contribution is -0.147. The monoisotopic (exact) mass is 368 g/mol. The van der Waals surface area contributed by atoms with Gasteiger partial charge in [0.1, 0.15) is 0 Å². The average Bonchev–Trinajstić information content (AvgIpc) is 3.17. The summed E-state index contributed by atoms with van der Waals surface area (Å²) in [7, 11) is 1.84. The van der Waals surface area contributed by atoms with Crippen LogP contribution in [0.4, 0.5) is 13.2 Å². The van der Waals surface area contributed by atoms with Crippen LogP contribution in [0.3, 0.4) is 0 Å². The van der Waals surface area contributed by atoms with Crippen molar-refractivity contribution in [3.05, 3.63) is 29.6 Å². The maximum atomic E-state index is 13.3. The predicted octanol–water partition coefficient (Wildman–Crippen LogP) is 3.46. The summed E-state index contributed by atoms with van der Waals surface area (Å²) in [6.45, 7) is 4.73. The molecule has 1 fully saturated rings. The molecule has 0 radical (unpaired) electrons. The van der Waals surface area contributed by atoms with Crippen LogP contribution in [0.25, 0.3) is 11.0 Å². The fourth-order valence-corrected chi connectivity index (χ4v) is 3.67. The summed E-state index contributed by atoms with van der Waals surface area (Å²) >= 11 is 0. The van der Waals surface area contributed by atoms with Gasteiger partial charge >= 0.3 is 6.18 Å². The molecule has 2 heterocycles. The number of alkyl halides is 3. The minimum Gasteiger partial charge on any atom is -0.334 e. The molecule has 1 amide bonds. The van der Waals surface area contributed by atoms with E-state index in [-0.39, 0.29) is 17.5 Å². The number of carbonyl (C=O) groups is 1. The number of halogens is 3. The van der Waals surface area contributed by atoms with Crippen molar-refractivity contribution in [2.75, 3.05) is 20.1 Å². The molecule has 0 aliphatic carbocycles. The molecule has 0 spiro atoms. The zero-order chi connectivity index (χ0) is 19.1. The van der Waals surface area contributed by atoms with Gasteiger partial charge in [0.05, 0.1) is 11.0 Å². The zero-order valence-corrected chi connectivity index (χ0v) is 15.1. The average molecular weight is 368 g/mol. The van der Waals surface area contributed by atoms with E-state index < -0.39 is 18.0 Å². The molecule has 1 aliphatic rings. The Balaban J connectivity index is 2.01. The zero-order valence-electron chi connectivity index (χ0n) is 15.1. The number of aromatic nitrogens is 2. The van der Waals surface area contributed by atoms with Crippen LogP contribution in [-0.4, -0.2) is 46.5 Å². The minimum atomic E-state index is -4.54. The summed E-state index contributed by atoms with van der Waals surface area (Å²) in [5, 5.41) is 3.08. The van der Waals surface area contributed by atoms with Crippen molar-refractivity contribution in [1.82, 2.24) is 19.8 Å². The molecule has 0 saturated carbocycles. The van der Waals surface area contributed by atoms with E-state index in [1.807, 2.05) is 7.05 Å². The Hall–Kier alpha value is -2.09. The van der Waals surface area contributed by atoms with Crippen molar-refractivity contribution in [1.29, 1.82) is 0 Å². The van der Waals surface area contributed by atoms with Gasteiger partial charge in [-0.15, -0.1) is 0 Å². The van der Waals surface area contributed by atoms with Crippen LogP contribution in [0.1, 0.15) is 48.9 Å². The molecular weight excluding hydrogens is 345 g/mol. The van der Waals surface area contributed by atoms with Gasteiger partial charge in [-0.3, -0.25) is 4.79 Å². The Labute approximate surface area is 150 Å². The highest BCUT2D eigenvalue weighted by molar-refractivity contribution is 5.97. The summed E-state index contributed by atoms with van der Waals surface area (Å²) in [6, 6.07) is 4.35. The van der Waals surface area contributed by atoms with Crippen LogP contribution in [0.15, 0.2) is 18.2 Å². The lowest BCUT2D eigenvalue weighted by Crippen LogP contribution is -2.40. The number of imidazole rings is 1. The number of nitrogens with one attached hydrogen (secondary N) is 1. The van der Waals surface area contributed by atoms with Gasteiger partial charge in [-0.2, -0.15) is 13.2 Å². The molecule has 1 saturated heterocycles. The number of hydrogen-bond donors (Lipinski definition) is 1. The molecule has 1 aromatic carbocycles. The molecule has 3 rings (SSSR count). The fraction of sp³-hybridized carbons (Fsp3) is 0.556. The normalized spacial score (nSPS) is 18.3. The molecule has 1 atom stereocenters. The number of fused-ring (bicyclic) bond motifs is 1. The van der Waals surface area contributed by atoms with Crippen molar-refractivity contribution >= 4 is 16.9 Å². The van der Waals surface area contributed by atoms with E-state index >= 15 is 0 Å². The number of rotatable bonds is 4. The molecular formula is C18H23F3N4O. The number of hydrogen-bond acceptors (Lipinski definition) is 3. The van der Waals surface area contributed by atoms with Crippen molar-refractivity contribution in [3.63, 3.8) is 0 Å². The first-order valence-electron chi connectivity index (χ1n) is 8.78. The van der Waals surface area contributed by atoms with Gasteiger partial charge in [-0.05, 0) is 51.9 Å². The Morgan fingerprint density at radius 1 is 1.38 bits per heavy atom. The van der Waals surface area contributed by atoms with Crippen molar-refractivity contribution in [3.8, 4) is 0 Å². The summed E-state index contributed by atoms with van der Waals surface area (Å²) < 4.78 is 41.1. The molecule has 1 unspecified atom stereocenters. The molecule has 0 bridgehead atoms. The van der Waals surface area contributed by atoms with Gasteiger partial charge in [0, 0.05) is 30.7 Å². The smallest absolute Gasteiger partial charge is 0.334 e. The number of likely N-dealkylation sites (N-methyl/N-ethyl adjacent to an activating group) is 1. The van der Waals surface area contributed by atoms with Gasteiger partial charge in [-0.25, -0.2) is 4.98 Å². The quantitative estimate of drug-likeness (QED) is 0.899. The van der Waals surface area contributed by atoms with Gasteiger partial charge < -0.3 is 14.8 Å². The van der Waals surface area contributed by atoms with Crippen molar-refractivity contribution in [2.24, 2.45) is 0 Å². The maximum absolute atomic E-state index is 13.3. The molecule has 8 heteroatoms. The van der Waals surface area contributed by atoms with Gasteiger partial charge in [0.2, 0.25) is 5.82 Å². The number of likely N-dealkylation sites (tertiary alicyclic amines) is 1. The Kier molecular flexibility index (Phi) is 4.96. The first kappa shape index (κ1) is 18.7. The molecule has 1 aliphatic heterocycles. The van der Waals surface area contributed by atoms with Crippen LogP contribution in [-0.2, 0) is 6.18 Å². The molecule has 142 valence electrons. The van der Waals surface area contributed by atoms with Crippen LogP contribution in [0.2, 0.25) is 0 Å². The van der Waals surface area contributed by atoms with E-state index in [2.05, 4.69) is 10.3 Å². The van der Waals surface area contributed by atoms with Crippen LogP contribution < -0.4 is 5.32 Å². The molecule has 1 aromatic heterocycles. The lowest BCUT2D eigenvalue weighted by Gasteiger charge is -2.24. The van der Waals surface area contributed by atoms with Crippen molar-refractivity contribution < 1.29 is 18.0 Å². The predicted molar refractivity (Wildman–Crippen MR) is 93.1 cm³/mol. The first-order valence-corrected chi connectivity index (χ1v) is 8.78. The van der Waals surface area contributed by atoms with E-state index in [9.17, 15) is 18.0 Å². The number of benzene rings is 1. The summed E-state index contributed by atoms with van der Waals surface area (Å²) in [5.74, 6) is -1.08. The largest absolute Gasteiger partial charge is 0.449 e. The summed E-state index contributed by atoms with van der Waals surface area (Å²) in [6.07, 6.45) is -2.68. The highest BCUT2D eigenvalue weighted by atomic mass is 19.4. The van der Waals surface area contributed by atoms with Gasteiger partial charge in [0.25, 0.3) is 5.91 Å². The number of nitrogens with zero attached hydrogens (tertiary/aromatic N) is 3. The van der Waals surface area contributed by atoms with Crippen LogP contribution in [0, 0.1) is 0 Å².